The Morgan fingerprint density at radius 1 is 1.04 bits per heavy atom. The van der Waals surface area contributed by atoms with E-state index in [1.165, 1.54) is 0 Å². The van der Waals surface area contributed by atoms with Crippen LogP contribution in [0.4, 0.5) is 4.79 Å². The van der Waals surface area contributed by atoms with Gasteiger partial charge in [0.2, 0.25) is 0 Å². The zero-order valence-electron chi connectivity index (χ0n) is 16.5. The molecule has 0 aromatic rings. The van der Waals surface area contributed by atoms with E-state index in [1.807, 2.05) is 41.5 Å². The molecule has 7 heteroatoms. The molecule has 0 aliphatic carbocycles. The lowest BCUT2D eigenvalue weighted by Crippen LogP contribution is -2.42. The molecular weight excluding hydrogens is 324 g/mol. The molecule has 1 atom stereocenters. The molecule has 7 nitrogen and oxygen atoms in total. The van der Waals surface area contributed by atoms with Crippen molar-refractivity contribution in [2.24, 2.45) is 0 Å². The van der Waals surface area contributed by atoms with Crippen LogP contribution in [0.5, 0.6) is 0 Å². The van der Waals surface area contributed by atoms with Gasteiger partial charge in [-0.05, 0) is 60.9 Å². The van der Waals surface area contributed by atoms with Gasteiger partial charge < -0.3 is 19.5 Å². The number of hydrogen-bond donors (Lipinski definition) is 1. The standard InChI is InChI=1S/C18H34N2O5/c1-17(2,3)24-15(21)14-8-7-10-20(14)11-13-23-12-9-19-16(22)25-18(4,5)6/h14H,7-13H2,1-6H3,(H,19,22)/t14-/m0/s1. The summed E-state index contributed by atoms with van der Waals surface area (Å²) >= 11 is 0. The number of esters is 1. The number of alkyl carbamates (subject to hydrolysis) is 1. The average molecular weight is 358 g/mol. The number of carbonyl (C=O) groups is 2. The molecule has 1 aliphatic heterocycles. The van der Waals surface area contributed by atoms with Gasteiger partial charge in [-0.3, -0.25) is 9.69 Å². The number of hydrogen-bond acceptors (Lipinski definition) is 6. The van der Waals surface area contributed by atoms with Crippen molar-refractivity contribution in [1.82, 2.24) is 10.2 Å². The fraction of sp³-hybridized carbons (Fsp3) is 0.889. The molecule has 146 valence electrons. The molecule has 0 aromatic heterocycles. The number of likely N-dealkylation sites (tertiary alicyclic amines) is 1. The highest BCUT2D eigenvalue weighted by molar-refractivity contribution is 5.76. The predicted molar refractivity (Wildman–Crippen MR) is 95.5 cm³/mol. The predicted octanol–water partition coefficient (Wildman–Crippen LogP) is 2.33. The van der Waals surface area contributed by atoms with Crippen LogP contribution in [0, 0.1) is 0 Å². The molecule has 1 fully saturated rings. The van der Waals surface area contributed by atoms with Crippen LogP contribution in [0.3, 0.4) is 0 Å². The number of carbonyl (C=O) groups excluding carboxylic acids is 2. The van der Waals surface area contributed by atoms with Gasteiger partial charge in [-0.2, -0.15) is 0 Å². The first-order valence-corrected chi connectivity index (χ1v) is 8.99. The summed E-state index contributed by atoms with van der Waals surface area (Å²) in [5.74, 6) is -0.156. The van der Waals surface area contributed by atoms with Gasteiger partial charge in [-0.25, -0.2) is 4.79 Å². The largest absolute Gasteiger partial charge is 0.459 e. The van der Waals surface area contributed by atoms with E-state index < -0.39 is 17.3 Å². The number of nitrogens with one attached hydrogen (secondary N) is 1. The highest BCUT2D eigenvalue weighted by atomic mass is 16.6. The average Bonchev–Trinajstić information content (AvgIpc) is 2.87. The summed E-state index contributed by atoms with van der Waals surface area (Å²) in [5.41, 5.74) is -0.966. The first kappa shape index (κ1) is 21.7. The molecule has 0 unspecified atom stereocenters. The van der Waals surface area contributed by atoms with Crippen molar-refractivity contribution in [2.75, 3.05) is 32.8 Å². The maximum absolute atomic E-state index is 12.2. The van der Waals surface area contributed by atoms with Crippen LogP contribution in [-0.4, -0.2) is 67.1 Å². The van der Waals surface area contributed by atoms with Gasteiger partial charge in [0.1, 0.15) is 17.2 Å². The minimum atomic E-state index is -0.503. The van der Waals surface area contributed by atoms with Crippen LogP contribution in [-0.2, 0) is 19.0 Å². The molecule has 1 heterocycles. The Balaban J connectivity index is 2.18. The Bertz CT molecular complexity index is 440. The smallest absolute Gasteiger partial charge is 0.407 e. The molecule has 0 spiro atoms. The molecule has 1 aliphatic rings. The molecule has 1 saturated heterocycles. The molecule has 0 radical (unpaired) electrons. The van der Waals surface area contributed by atoms with Crippen molar-refractivity contribution in [3.05, 3.63) is 0 Å². The third kappa shape index (κ3) is 9.65. The molecule has 1 rings (SSSR count). The van der Waals surface area contributed by atoms with E-state index in [4.69, 9.17) is 14.2 Å². The van der Waals surface area contributed by atoms with Crippen molar-refractivity contribution in [1.29, 1.82) is 0 Å². The second-order valence-corrected chi connectivity index (χ2v) is 8.27. The highest BCUT2D eigenvalue weighted by Gasteiger charge is 2.33. The number of nitrogens with zero attached hydrogens (tertiary/aromatic N) is 1. The van der Waals surface area contributed by atoms with E-state index in [9.17, 15) is 9.59 Å². The maximum Gasteiger partial charge on any atom is 0.407 e. The zero-order chi connectivity index (χ0) is 19.1. The monoisotopic (exact) mass is 358 g/mol. The quantitative estimate of drug-likeness (QED) is 0.556. The van der Waals surface area contributed by atoms with Crippen LogP contribution >= 0.6 is 0 Å². The van der Waals surface area contributed by atoms with E-state index >= 15 is 0 Å². The summed E-state index contributed by atoms with van der Waals surface area (Å²) in [7, 11) is 0. The van der Waals surface area contributed by atoms with Crippen LogP contribution in [0.15, 0.2) is 0 Å². The van der Waals surface area contributed by atoms with Crippen LogP contribution in [0.25, 0.3) is 0 Å². The number of ether oxygens (including phenoxy) is 3. The first-order chi connectivity index (χ1) is 11.5. The lowest BCUT2D eigenvalue weighted by Gasteiger charge is -2.27. The first-order valence-electron chi connectivity index (χ1n) is 8.99. The summed E-state index contributed by atoms with van der Waals surface area (Å²) in [6, 6.07) is -0.178. The molecule has 0 aromatic carbocycles. The molecule has 25 heavy (non-hydrogen) atoms. The summed E-state index contributed by atoms with van der Waals surface area (Å²) in [6.45, 7) is 14.0. The van der Waals surface area contributed by atoms with Gasteiger partial charge in [-0.1, -0.05) is 0 Å². The third-order valence-corrected chi connectivity index (χ3v) is 3.48. The van der Waals surface area contributed by atoms with Gasteiger partial charge in [-0.15, -0.1) is 0 Å². The number of amides is 1. The second-order valence-electron chi connectivity index (χ2n) is 8.27. The van der Waals surface area contributed by atoms with E-state index in [1.54, 1.807) is 0 Å². The van der Waals surface area contributed by atoms with Crippen molar-refractivity contribution >= 4 is 12.1 Å². The fourth-order valence-corrected chi connectivity index (χ4v) is 2.55. The van der Waals surface area contributed by atoms with Gasteiger partial charge in [0.05, 0.1) is 13.2 Å². The lowest BCUT2D eigenvalue weighted by molar-refractivity contribution is -0.160. The van der Waals surface area contributed by atoms with E-state index in [2.05, 4.69) is 10.2 Å². The summed E-state index contributed by atoms with van der Waals surface area (Å²) in [4.78, 5) is 25.8. The Morgan fingerprint density at radius 2 is 1.68 bits per heavy atom. The molecule has 1 amide bonds. The van der Waals surface area contributed by atoms with Gasteiger partial charge in [0.25, 0.3) is 0 Å². The minimum Gasteiger partial charge on any atom is -0.459 e. The molecule has 1 N–H and O–H groups in total. The van der Waals surface area contributed by atoms with Gasteiger partial charge >= 0.3 is 12.1 Å². The lowest BCUT2D eigenvalue weighted by atomic mass is 10.1. The zero-order valence-corrected chi connectivity index (χ0v) is 16.5. The van der Waals surface area contributed by atoms with Gasteiger partial charge in [0, 0.05) is 13.1 Å². The van der Waals surface area contributed by atoms with Crippen LogP contribution < -0.4 is 5.32 Å². The van der Waals surface area contributed by atoms with E-state index in [0.29, 0.717) is 26.3 Å². The maximum atomic E-state index is 12.2. The Labute approximate surface area is 151 Å². The topological polar surface area (TPSA) is 77.1 Å². The second kappa shape index (κ2) is 9.38. The van der Waals surface area contributed by atoms with Crippen molar-refractivity contribution < 1.29 is 23.8 Å². The summed E-state index contributed by atoms with van der Waals surface area (Å²) in [5, 5.41) is 2.65. The van der Waals surface area contributed by atoms with Crippen molar-refractivity contribution in [3.63, 3.8) is 0 Å². The molecule has 0 bridgehead atoms. The Morgan fingerprint density at radius 3 is 2.28 bits per heavy atom. The van der Waals surface area contributed by atoms with E-state index in [0.717, 1.165) is 19.4 Å². The number of rotatable bonds is 7. The van der Waals surface area contributed by atoms with E-state index in [-0.39, 0.29) is 12.0 Å². The molecule has 0 saturated carbocycles. The van der Waals surface area contributed by atoms with Gasteiger partial charge in [0.15, 0.2) is 0 Å². The normalized spacial score (nSPS) is 18.9. The van der Waals surface area contributed by atoms with Crippen LogP contribution in [0.1, 0.15) is 54.4 Å². The SMILES string of the molecule is CC(C)(C)OC(=O)NCCOCCN1CCC[C@H]1C(=O)OC(C)(C)C. The fourth-order valence-electron chi connectivity index (χ4n) is 2.55. The minimum absolute atomic E-state index is 0.156. The van der Waals surface area contributed by atoms with Crippen molar-refractivity contribution in [2.45, 2.75) is 71.6 Å². The molecular formula is C18H34N2O5. The van der Waals surface area contributed by atoms with Crippen molar-refractivity contribution in [3.8, 4) is 0 Å². The third-order valence-electron chi connectivity index (χ3n) is 3.48. The Hall–Kier alpha value is -1.34. The summed E-state index contributed by atoms with van der Waals surface area (Å²) < 4.78 is 16.2. The van der Waals surface area contributed by atoms with Crippen LogP contribution in [0.2, 0.25) is 0 Å². The summed E-state index contributed by atoms with van der Waals surface area (Å²) in [6.07, 6.45) is 1.37. The Kier molecular flexibility index (Phi) is 8.15. The highest BCUT2D eigenvalue weighted by Crippen LogP contribution is 2.20.